The zero-order valence-electron chi connectivity index (χ0n) is 15.4. The fourth-order valence-electron chi connectivity index (χ4n) is 3.02. The molecule has 1 unspecified atom stereocenters. The van der Waals surface area contributed by atoms with Crippen LogP contribution in [-0.2, 0) is 10.0 Å². The molecule has 1 atom stereocenters. The molecule has 0 aliphatic carbocycles. The molecule has 6 heteroatoms. The van der Waals surface area contributed by atoms with Gasteiger partial charge in [0.15, 0.2) is 0 Å². The monoisotopic (exact) mass is 400 g/mol. The van der Waals surface area contributed by atoms with Crippen LogP contribution >= 0.6 is 11.6 Å². The van der Waals surface area contributed by atoms with Gasteiger partial charge < -0.3 is 0 Å². The van der Waals surface area contributed by atoms with Crippen molar-refractivity contribution in [2.45, 2.75) is 31.7 Å². The first-order valence-corrected chi connectivity index (χ1v) is 10.4. The van der Waals surface area contributed by atoms with Crippen molar-refractivity contribution in [2.24, 2.45) is 0 Å². The lowest BCUT2D eigenvalue weighted by Crippen LogP contribution is -2.27. The Morgan fingerprint density at radius 1 is 1.07 bits per heavy atom. The maximum absolute atomic E-state index is 12.8. The Hall–Kier alpha value is -2.21. The average Bonchev–Trinajstić information content (AvgIpc) is 2.64. The Balaban J connectivity index is 1.91. The lowest BCUT2D eigenvalue weighted by atomic mass is 9.99. The summed E-state index contributed by atoms with van der Waals surface area (Å²) in [6.45, 7) is 5.54. The summed E-state index contributed by atoms with van der Waals surface area (Å²) in [4.78, 5) is 4.32. The van der Waals surface area contributed by atoms with E-state index in [-0.39, 0.29) is 4.90 Å². The first-order chi connectivity index (χ1) is 12.8. The van der Waals surface area contributed by atoms with Crippen molar-refractivity contribution >= 4 is 21.6 Å². The third-order valence-electron chi connectivity index (χ3n) is 4.56. The summed E-state index contributed by atoms with van der Waals surface area (Å²) in [5.41, 5.74) is 4.59. The van der Waals surface area contributed by atoms with Crippen LogP contribution in [0.3, 0.4) is 0 Å². The van der Waals surface area contributed by atoms with Crippen LogP contribution in [0.25, 0.3) is 11.1 Å². The molecule has 1 heterocycles. The fourth-order valence-corrected chi connectivity index (χ4v) is 4.75. The molecule has 1 aromatic heterocycles. The molecular formula is C21H21ClN2O2S. The van der Waals surface area contributed by atoms with Gasteiger partial charge in [-0.3, -0.25) is 4.98 Å². The molecule has 140 valence electrons. The second-order valence-electron chi connectivity index (χ2n) is 6.52. The first-order valence-electron chi connectivity index (χ1n) is 8.58. The standard InChI is InChI=1S/C21H21ClN2O2S/c1-14-13-23-11-10-19(14)18-7-4-6-17(12-18)16(3)24-27(25,26)21-9-5-8-20(22)15(21)2/h4-13,16,24H,1-3H3. The third-order valence-corrected chi connectivity index (χ3v) is 6.65. The summed E-state index contributed by atoms with van der Waals surface area (Å²) in [6, 6.07) is 14.3. The van der Waals surface area contributed by atoms with E-state index in [1.54, 1.807) is 31.3 Å². The molecule has 0 amide bonds. The van der Waals surface area contributed by atoms with Gasteiger partial charge in [0.2, 0.25) is 10.0 Å². The molecule has 0 radical (unpaired) electrons. The molecule has 4 nitrogen and oxygen atoms in total. The average molecular weight is 401 g/mol. The van der Waals surface area contributed by atoms with Gasteiger partial charge in [0, 0.05) is 23.5 Å². The van der Waals surface area contributed by atoms with Crippen LogP contribution in [-0.4, -0.2) is 13.4 Å². The Kier molecular flexibility index (Phi) is 5.65. The van der Waals surface area contributed by atoms with Crippen LogP contribution in [0.2, 0.25) is 5.02 Å². The number of aryl methyl sites for hydroxylation is 1. The highest BCUT2D eigenvalue weighted by Gasteiger charge is 2.21. The van der Waals surface area contributed by atoms with Crippen molar-refractivity contribution in [2.75, 3.05) is 0 Å². The van der Waals surface area contributed by atoms with Gasteiger partial charge in [0.05, 0.1) is 4.90 Å². The quantitative estimate of drug-likeness (QED) is 0.651. The summed E-state index contributed by atoms with van der Waals surface area (Å²) in [5.74, 6) is 0. The number of nitrogens with one attached hydrogen (secondary N) is 1. The van der Waals surface area contributed by atoms with E-state index in [4.69, 9.17) is 11.6 Å². The molecule has 0 aliphatic heterocycles. The summed E-state index contributed by atoms with van der Waals surface area (Å²) in [6.07, 6.45) is 3.57. The fraction of sp³-hybridized carbons (Fsp3) is 0.190. The van der Waals surface area contributed by atoms with E-state index >= 15 is 0 Å². The van der Waals surface area contributed by atoms with E-state index in [2.05, 4.69) is 9.71 Å². The number of rotatable bonds is 5. The molecule has 0 spiro atoms. The van der Waals surface area contributed by atoms with Gasteiger partial charge in [0.25, 0.3) is 0 Å². The minimum atomic E-state index is -3.69. The minimum Gasteiger partial charge on any atom is -0.264 e. The predicted octanol–water partition coefficient (Wildman–Crippen LogP) is 5.06. The zero-order valence-corrected chi connectivity index (χ0v) is 17.0. The van der Waals surface area contributed by atoms with Gasteiger partial charge in [0.1, 0.15) is 0 Å². The molecule has 3 rings (SSSR count). The number of sulfonamides is 1. The molecule has 3 aromatic rings. The van der Waals surface area contributed by atoms with E-state index in [1.807, 2.05) is 50.4 Å². The second kappa shape index (κ2) is 7.80. The molecule has 27 heavy (non-hydrogen) atoms. The van der Waals surface area contributed by atoms with Crippen molar-refractivity contribution in [1.82, 2.24) is 9.71 Å². The van der Waals surface area contributed by atoms with Crippen molar-refractivity contribution < 1.29 is 8.42 Å². The van der Waals surface area contributed by atoms with Gasteiger partial charge in [-0.2, -0.15) is 0 Å². The van der Waals surface area contributed by atoms with Crippen LogP contribution in [0.5, 0.6) is 0 Å². The van der Waals surface area contributed by atoms with Crippen molar-refractivity contribution in [3.8, 4) is 11.1 Å². The number of benzene rings is 2. The second-order valence-corrected chi connectivity index (χ2v) is 8.61. The molecule has 0 fully saturated rings. The lowest BCUT2D eigenvalue weighted by Gasteiger charge is -2.17. The summed E-state index contributed by atoms with van der Waals surface area (Å²) < 4.78 is 28.4. The first kappa shape index (κ1) is 19.5. The Morgan fingerprint density at radius 2 is 1.81 bits per heavy atom. The number of hydrogen-bond acceptors (Lipinski definition) is 3. The highest BCUT2D eigenvalue weighted by Crippen LogP contribution is 2.27. The van der Waals surface area contributed by atoms with Gasteiger partial charge in [-0.05, 0) is 72.9 Å². The highest BCUT2D eigenvalue weighted by molar-refractivity contribution is 7.89. The van der Waals surface area contributed by atoms with Gasteiger partial charge in [-0.15, -0.1) is 0 Å². The maximum atomic E-state index is 12.8. The van der Waals surface area contributed by atoms with Gasteiger partial charge >= 0.3 is 0 Å². The smallest absolute Gasteiger partial charge is 0.241 e. The van der Waals surface area contributed by atoms with E-state index < -0.39 is 16.1 Å². The Labute approximate surface area is 165 Å². The van der Waals surface area contributed by atoms with E-state index in [9.17, 15) is 8.42 Å². The number of hydrogen-bond donors (Lipinski definition) is 1. The Morgan fingerprint density at radius 3 is 2.56 bits per heavy atom. The normalized spacial score (nSPS) is 12.7. The highest BCUT2D eigenvalue weighted by atomic mass is 35.5. The lowest BCUT2D eigenvalue weighted by molar-refractivity contribution is 0.566. The van der Waals surface area contributed by atoms with Crippen LogP contribution in [0.1, 0.15) is 29.7 Å². The zero-order chi connectivity index (χ0) is 19.6. The van der Waals surface area contributed by atoms with Crippen LogP contribution < -0.4 is 4.72 Å². The topological polar surface area (TPSA) is 59.1 Å². The van der Waals surface area contributed by atoms with Crippen molar-refractivity contribution in [3.63, 3.8) is 0 Å². The van der Waals surface area contributed by atoms with Crippen LogP contribution in [0.15, 0.2) is 65.8 Å². The number of halogens is 1. The molecule has 0 saturated heterocycles. The molecular weight excluding hydrogens is 380 g/mol. The maximum Gasteiger partial charge on any atom is 0.241 e. The molecule has 2 aromatic carbocycles. The molecule has 0 bridgehead atoms. The van der Waals surface area contributed by atoms with E-state index in [1.165, 1.54) is 0 Å². The number of pyridine rings is 1. The molecule has 0 aliphatic rings. The summed E-state index contributed by atoms with van der Waals surface area (Å²) in [5, 5.41) is 0.431. The van der Waals surface area contributed by atoms with Crippen LogP contribution in [0, 0.1) is 13.8 Å². The minimum absolute atomic E-state index is 0.197. The molecule has 0 saturated carbocycles. The molecule has 1 N–H and O–H groups in total. The van der Waals surface area contributed by atoms with E-state index in [0.717, 1.165) is 22.3 Å². The predicted molar refractivity (Wildman–Crippen MR) is 109 cm³/mol. The SMILES string of the molecule is Cc1cnccc1-c1cccc(C(C)NS(=O)(=O)c2cccc(Cl)c2C)c1. The number of nitrogens with zero attached hydrogens (tertiary/aromatic N) is 1. The van der Waals surface area contributed by atoms with Crippen LogP contribution in [0.4, 0.5) is 0 Å². The third kappa shape index (κ3) is 4.21. The summed E-state index contributed by atoms with van der Waals surface area (Å²) in [7, 11) is -3.69. The largest absolute Gasteiger partial charge is 0.264 e. The van der Waals surface area contributed by atoms with Crippen molar-refractivity contribution in [1.29, 1.82) is 0 Å². The van der Waals surface area contributed by atoms with E-state index in [0.29, 0.717) is 10.6 Å². The van der Waals surface area contributed by atoms with Gasteiger partial charge in [-0.25, -0.2) is 13.1 Å². The number of aromatic nitrogens is 1. The van der Waals surface area contributed by atoms with Gasteiger partial charge in [-0.1, -0.05) is 35.9 Å². The Bertz CT molecular complexity index is 1080. The van der Waals surface area contributed by atoms with Crippen molar-refractivity contribution in [3.05, 3.63) is 82.6 Å². The summed E-state index contributed by atoms with van der Waals surface area (Å²) >= 11 is 6.08.